The minimum Gasteiger partial charge on any atom is -0.361 e. The molecule has 19 heavy (non-hydrogen) atoms. The third-order valence-corrected chi connectivity index (χ3v) is 4.41. The van der Waals surface area contributed by atoms with E-state index in [1.54, 1.807) is 0 Å². The Hall–Kier alpha value is -1.58. The molecule has 0 saturated carbocycles. The Morgan fingerprint density at radius 3 is 3.00 bits per heavy atom. The van der Waals surface area contributed by atoms with Crippen LogP contribution in [-0.4, -0.2) is 4.98 Å². The summed E-state index contributed by atoms with van der Waals surface area (Å²) in [6.07, 6.45) is 3.11. The van der Waals surface area contributed by atoms with Crippen molar-refractivity contribution in [1.29, 1.82) is 0 Å². The quantitative estimate of drug-likeness (QED) is 0.718. The summed E-state index contributed by atoms with van der Waals surface area (Å²) in [6, 6.07) is 10.9. The zero-order chi connectivity index (χ0) is 13.1. The average Bonchev–Trinajstić information content (AvgIpc) is 3.06. The third-order valence-electron chi connectivity index (χ3n) is 3.45. The lowest BCUT2D eigenvalue weighted by atomic mass is 10.1. The van der Waals surface area contributed by atoms with Gasteiger partial charge in [-0.25, -0.2) is 0 Å². The number of hydrogen-bond acceptors (Lipinski definition) is 2. The molecule has 3 heteroatoms. The monoisotopic (exact) mass is 270 g/mol. The molecule has 0 unspecified atom stereocenters. The Morgan fingerprint density at radius 2 is 2.11 bits per heavy atom. The lowest BCUT2D eigenvalue weighted by Crippen LogP contribution is -2.12. The van der Waals surface area contributed by atoms with Crippen LogP contribution in [0, 0.1) is 0 Å². The molecule has 3 rings (SSSR count). The standard InChI is InChI=1S/C16H18N2S/c1-2-13-6-8-19-16(13)11-17-10-12-3-4-15-14(9-12)5-7-18-15/h3-9,17-18H,2,10-11H2,1H3. The minimum atomic E-state index is 0.919. The van der Waals surface area contributed by atoms with Crippen molar-refractivity contribution in [2.75, 3.05) is 0 Å². The number of thiophene rings is 1. The summed E-state index contributed by atoms with van der Waals surface area (Å²) in [5.74, 6) is 0. The second-order valence-electron chi connectivity index (χ2n) is 4.73. The van der Waals surface area contributed by atoms with Crippen molar-refractivity contribution in [3.8, 4) is 0 Å². The van der Waals surface area contributed by atoms with Gasteiger partial charge in [-0.3, -0.25) is 0 Å². The topological polar surface area (TPSA) is 27.8 Å². The van der Waals surface area contributed by atoms with Crippen LogP contribution in [0.25, 0.3) is 10.9 Å². The summed E-state index contributed by atoms with van der Waals surface area (Å²) in [4.78, 5) is 4.68. The molecular formula is C16H18N2S. The predicted octanol–water partition coefficient (Wildman–Crippen LogP) is 4.08. The van der Waals surface area contributed by atoms with Gasteiger partial charge in [0.25, 0.3) is 0 Å². The molecule has 0 radical (unpaired) electrons. The van der Waals surface area contributed by atoms with Crippen LogP contribution in [0.3, 0.4) is 0 Å². The Balaban J connectivity index is 1.62. The van der Waals surface area contributed by atoms with Crippen LogP contribution in [0.15, 0.2) is 41.9 Å². The fourth-order valence-electron chi connectivity index (χ4n) is 2.37. The first-order chi connectivity index (χ1) is 9.36. The summed E-state index contributed by atoms with van der Waals surface area (Å²) >= 11 is 1.85. The van der Waals surface area contributed by atoms with Gasteiger partial charge in [0.1, 0.15) is 0 Å². The highest BCUT2D eigenvalue weighted by Crippen LogP contribution is 2.18. The van der Waals surface area contributed by atoms with Crippen molar-refractivity contribution in [2.45, 2.75) is 26.4 Å². The molecule has 2 heterocycles. The second kappa shape index (κ2) is 5.59. The van der Waals surface area contributed by atoms with Gasteiger partial charge in [0.05, 0.1) is 0 Å². The van der Waals surface area contributed by atoms with Crippen molar-refractivity contribution in [3.63, 3.8) is 0 Å². The van der Waals surface area contributed by atoms with E-state index in [1.165, 1.54) is 26.9 Å². The number of fused-ring (bicyclic) bond motifs is 1. The molecule has 0 bridgehead atoms. The number of aromatic nitrogens is 1. The number of H-pyrrole nitrogens is 1. The van der Waals surface area contributed by atoms with Gasteiger partial charge in [-0.2, -0.15) is 0 Å². The Labute approximate surface area is 117 Å². The minimum absolute atomic E-state index is 0.919. The molecule has 0 amide bonds. The molecule has 0 spiro atoms. The van der Waals surface area contributed by atoms with Crippen LogP contribution in [0.5, 0.6) is 0 Å². The molecule has 1 aromatic carbocycles. The predicted molar refractivity (Wildman–Crippen MR) is 82.5 cm³/mol. The van der Waals surface area contributed by atoms with E-state index in [2.05, 4.69) is 52.9 Å². The van der Waals surface area contributed by atoms with Crippen LogP contribution < -0.4 is 5.32 Å². The van der Waals surface area contributed by atoms with E-state index < -0.39 is 0 Å². The lowest BCUT2D eigenvalue weighted by molar-refractivity contribution is 0.697. The fourth-order valence-corrected chi connectivity index (χ4v) is 3.32. The van der Waals surface area contributed by atoms with Gasteiger partial charge >= 0.3 is 0 Å². The lowest BCUT2D eigenvalue weighted by Gasteiger charge is -2.05. The summed E-state index contributed by atoms with van der Waals surface area (Å²) in [6.45, 7) is 4.10. The highest BCUT2D eigenvalue weighted by molar-refractivity contribution is 7.10. The third kappa shape index (κ3) is 2.72. The zero-order valence-corrected chi connectivity index (χ0v) is 11.9. The number of hydrogen-bond donors (Lipinski definition) is 2. The molecule has 2 N–H and O–H groups in total. The van der Waals surface area contributed by atoms with Gasteiger partial charge in [-0.15, -0.1) is 11.3 Å². The number of aromatic amines is 1. The van der Waals surface area contributed by atoms with Gasteiger partial charge in [-0.1, -0.05) is 13.0 Å². The molecule has 98 valence electrons. The molecular weight excluding hydrogens is 252 g/mol. The smallest absolute Gasteiger partial charge is 0.0454 e. The van der Waals surface area contributed by atoms with Crippen LogP contribution in [-0.2, 0) is 19.5 Å². The van der Waals surface area contributed by atoms with Crippen LogP contribution in [0.4, 0.5) is 0 Å². The summed E-state index contributed by atoms with van der Waals surface area (Å²) in [5.41, 5.74) is 4.01. The van der Waals surface area contributed by atoms with E-state index in [-0.39, 0.29) is 0 Å². The van der Waals surface area contributed by atoms with Crippen LogP contribution in [0.2, 0.25) is 0 Å². The largest absolute Gasteiger partial charge is 0.361 e. The number of benzene rings is 1. The van der Waals surface area contributed by atoms with Gasteiger partial charge in [-0.05, 0) is 52.6 Å². The second-order valence-corrected chi connectivity index (χ2v) is 5.73. The fraction of sp³-hybridized carbons (Fsp3) is 0.250. The Morgan fingerprint density at radius 1 is 1.16 bits per heavy atom. The van der Waals surface area contributed by atoms with E-state index in [0.29, 0.717) is 0 Å². The molecule has 0 aliphatic rings. The van der Waals surface area contributed by atoms with E-state index >= 15 is 0 Å². The first kappa shape index (κ1) is 12.5. The van der Waals surface area contributed by atoms with Crippen molar-refractivity contribution in [2.24, 2.45) is 0 Å². The molecule has 0 aliphatic heterocycles. The van der Waals surface area contributed by atoms with Crippen LogP contribution >= 0.6 is 11.3 Å². The van der Waals surface area contributed by atoms with Crippen molar-refractivity contribution >= 4 is 22.2 Å². The van der Waals surface area contributed by atoms with E-state index in [0.717, 1.165) is 19.5 Å². The van der Waals surface area contributed by atoms with E-state index in [1.807, 2.05) is 17.5 Å². The van der Waals surface area contributed by atoms with Gasteiger partial charge in [0, 0.05) is 29.7 Å². The Kier molecular flexibility index (Phi) is 3.67. The summed E-state index contributed by atoms with van der Waals surface area (Å²) in [7, 11) is 0. The molecule has 2 nitrogen and oxygen atoms in total. The zero-order valence-electron chi connectivity index (χ0n) is 11.1. The average molecular weight is 270 g/mol. The molecule has 0 saturated heterocycles. The van der Waals surface area contributed by atoms with Gasteiger partial charge < -0.3 is 10.3 Å². The normalized spacial score (nSPS) is 11.2. The number of rotatable bonds is 5. The molecule has 3 aromatic rings. The SMILES string of the molecule is CCc1ccsc1CNCc1ccc2[nH]ccc2c1. The molecule has 0 aliphatic carbocycles. The van der Waals surface area contributed by atoms with Crippen LogP contribution in [0.1, 0.15) is 22.9 Å². The summed E-state index contributed by atoms with van der Waals surface area (Å²) < 4.78 is 0. The van der Waals surface area contributed by atoms with Crippen molar-refractivity contribution in [3.05, 3.63) is 57.9 Å². The van der Waals surface area contributed by atoms with Gasteiger partial charge in [0.15, 0.2) is 0 Å². The first-order valence-corrected chi connectivity index (χ1v) is 7.57. The van der Waals surface area contributed by atoms with Gasteiger partial charge in [0.2, 0.25) is 0 Å². The maximum atomic E-state index is 3.54. The van der Waals surface area contributed by atoms with E-state index in [9.17, 15) is 0 Å². The Bertz CT molecular complexity index is 666. The van der Waals surface area contributed by atoms with Crippen molar-refractivity contribution in [1.82, 2.24) is 10.3 Å². The van der Waals surface area contributed by atoms with Crippen molar-refractivity contribution < 1.29 is 0 Å². The molecule has 0 atom stereocenters. The van der Waals surface area contributed by atoms with E-state index in [4.69, 9.17) is 0 Å². The summed E-state index contributed by atoms with van der Waals surface area (Å²) in [5, 5.41) is 7.00. The molecule has 0 fully saturated rings. The first-order valence-electron chi connectivity index (χ1n) is 6.69. The highest BCUT2D eigenvalue weighted by atomic mass is 32.1. The number of nitrogens with one attached hydrogen (secondary N) is 2. The maximum Gasteiger partial charge on any atom is 0.0454 e. The highest BCUT2D eigenvalue weighted by Gasteiger charge is 2.02. The molecule has 2 aromatic heterocycles. The number of aryl methyl sites for hydroxylation is 1. The maximum absolute atomic E-state index is 3.54.